The molecule has 96 valence electrons. The molecule has 1 N–H and O–H groups in total. The lowest BCUT2D eigenvalue weighted by atomic mass is 10.1. The zero-order valence-electron chi connectivity index (χ0n) is 10.2. The highest BCUT2D eigenvalue weighted by atomic mass is 35.5. The maximum absolute atomic E-state index is 6.07. The zero-order valence-corrected chi connectivity index (χ0v) is 11.0. The lowest BCUT2D eigenvalue weighted by molar-refractivity contribution is 0.379. The van der Waals surface area contributed by atoms with E-state index in [1.807, 2.05) is 13.8 Å². The summed E-state index contributed by atoms with van der Waals surface area (Å²) in [5, 5.41) is 7.24. The Morgan fingerprint density at radius 1 is 1.28 bits per heavy atom. The molecule has 0 unspecified atom stereocenters. The van der Waals surface area contributed by atoms with Crippen LogP contribution >= 0.6 is 11.6 Å². The Labute approximate surface area is 110 Å². The molecule has 0 saturated carbocycles. The second-order valence-electron chi connectivity index (χ2n) is 4.09. The lowest BCUT2D eigenvalue weighted by Gasteiger charge is -2.13. The van der Waals surface area contributed by atoms with Gasteiger partial charge in [0.15, 0.2) is 6.33 Å². The number of hydrogen-bond acceptors (Lipinski definition) is 6. The van der Waals surface area contributed by atoms with Gasteiger partial charge in [-0.2, -0.15) is 4.98 Å². The topological polar surface area (TPSA) is 76.7 Å². The van der Waals surface area contributed by atoms with Crippen LogP contribution in [-0.4, -0.2) is 26.7 Å². The molecule has 0 spiro atoms. The third-order valence-electron chi connectivity index (χ3n) is 2.45. The van der Waals surface area contributed by atoms with Crippen LogP contribution < -0.4 is 5.32 Å². The number of aromatic nitrogens is 4. The van der Waals surface area contributed by atoms with Crippen molar-refractivity contribution in [1.29, 1.82) is 0 Å². The summed E-state index contributed by atoms with van der Waals surface area (Å²) in [6.45, 7) is 4.75. The van der Waals surface area contributed by atoms with E-state index < -0.39 is 0 Å². The minimum atomic E-state index is 0.254. The Kier molecular flexibility index (Phi) is 4.09. The predicted octanol–water partition coefficient (Wildman–Crippen LogP) is 2.29. The smallest absolute Gasteiger partial charge is 0.228 e. The van der Waals surface area contributed by atoms with Crippen molar-refractivity contribution in [2.45, 2.75) is 26.2 Å². The van der Waals surface area contributed by atoms with E-state index in [0.717, 1.165) is 11.4 Å². The zero-order chi connectivity index (χ0) is 13.0. The summed E-state index contributed by atoms with van der Waals surface area (Å²) in [5.41, 5.74) is 0.921. The fraction of sp³-hybridized carbons (Fsp3) is 0.455. The van der Waals surface area contributed by atoms with Gasteiger partial charge in [0.2, 0.25) is 5.89 Å². The molecule has 2 heterocycles. The average molecular weight is 268 g/mol. The first-order chi connectivity index (χ1) is 8.68. The summed E-state index contributed by atoms with van der Waals surface area (Å²) in [6.07, 6.45) is 3.47. The van der Waals surface area contributed by atoms with E-state index in [1.54, 1.807) is 0 Å². The van der Waals surface area contributed by atoms with Crippen LogP contribution in [-0.2, 0) is 6.42 Å². The van der Waals surface area contributed by atoms with Crippen molar-refractivity contribution in [3.8, 4) is 0 Å². The summed E-state index contributed by atoms with van der Waals surface area (Å²) >= 11 is 6.07. The maximum atomic E-state index is 6.07. The molecule has 0 aromatic carbocycles. The first-order valence-corrected chi connectivity index (χ1v) is 6.06. The van der Waals surface area contributed by atoms with Crippen molar-refractivity contribution >= 4 is 17.4 Å². The van der Waals surface area contributed by atoms with Crippen molar-refractivity contribution in [2.24, 2.45) is 0 Å². The van der Waals surface area contributed by atoms with Crippen molar-refractivity contribution in [3.63, 3.8) is 0 Å². The van der Waals surface area contributed by atoms with Gasteiger partial charge in [-0.1, -0.05) is 30.6 Å². The highest BCUT2D eigenvalue weighted by Gasteiger charge is 2.13. The minimum Gasteiger partial charge on any atom is -0.369 e. The molecule has 2 rings (SSSR count). The fourth-order valence-electron chi connectivity index (χ4n) is 1.62. The molecular formula is C11H14ClN5O. The van der Waals surface area contributed by atoms with Gasteiger partial charge in [-0.15, -0.1) is 0 Å². The van der Waals surface area contributed by atoms with Gasteiger partial charge in [-0.05, 0) is 5.92 Å². The van der Waals surface area contributed by atoms with Gasteiger partial charge in [0.25, 0.3) is 0 Å². The fourth-order valence-corrected chi connectivity index (χ4v) is 1.97. The Hall–Kier alpha value is -1.69. The molecule has 0 radical (unpaired) electrons. The monoisotopic (exact) mass is 267 g/mol. The quantitative estimate of drug-likeness (QED) is 0.838. The van der Waals surface area contributed by atoms with Crippen LogP contribution in [0.2, 0.25) is 5.15 Å². The SMILES string of the molecule is CC(C)c1c(Cl)ncnc1NCCc1ncno1. The normalized spacial score (nSPS) is 10.9. The molecule has 0 fully saturated rings. The van der Waals surface area contributed by atoms with E-state index >= 15 is 0 Å². The van der Waals surface area contributed by atoms with Crippen LogP contribution in [0.1, 0.15) is 31.2 Å². The van der Waals surface area contributed by atoms with Gasteiger partial charge >= 0.3 is 0 Å². The summed E-state index contributed by atoms with van der Waals surface area (Å²) in [4.78, 5) is 12.1. The van der Waals surface area contributed by atoms with Gasteiger partial charge in [-0.25, -0.2) is 9.97 Å². The molecule has 0 aliphatic rings. The first-order valence-electron chi connectivity index (χ1n) is 5.68. The van der Waals surface area contributed by atoms with Gasteiger partial charge < -0.3 is 9.84 Å². The number of nitrogens with zero attached hydrogens (tertiary/aromatic N) is 4. The van der Waals surface area contributed by atoms with Crippen LogP contribution in [0.3, 0.4) is 0 Å². The average Bonchev–Trinajstić information content (AvgIpc) is 2.81. The highest BCUT2D eigenvalue weighted by Crippen LogP contribution is 2.27. The van der Waals surface area contributed by atoms with Crippen LogP contribution in [0.4, 0.5) is 5.82 Å². The summed E-state index contributed by atoms with van der Waals surface area (Å²) < 4.78 is 4.91. The van der Waals surface area contributed by atoms with Gasteiger partial charge in [0.1, 0.15) is 17.3 Å². The van der Waals surface area contributed by atoms with E-state index in [1.165, 1.54) is 12.7 Å². The van der Waals surface area contributed by atoms with Gasteiger partial charge in [0, 0.05) is 18.5 Å². The van der Waals surface area contributed by atoms with Gasteiger partial charge in [-0.3, -0.25) is 0 Å². The van der Waals surface area contributed by atoms with E-state index in [0.29, 0.717) is 24.0 Å². The Morgan fingerprint density at radius 2 is 2.11 bits per heavy atom. The van der Waals surface area contributed by atoms with Crippen LogP contribution in [0.15, 0.2) is 17.2 Å². The van der Waals surface area contributed by atoms with E-state index in [4.69, 9.17) is 16.1 Å². The largest absolute Gasteiger partial charge is 0.369 e. The maximum Gasteiger partial charge on any atom is 0.228 e. The molecular weight excluding hydrogens is 254 g/mol. The van der Waals surface area contributed by atoms with Gasteiger partial charge in [0.05, 0.1) is 0 Å². The number of rotatable bonds is 5. The van der Waals surface area contributed by atoms with E-state index in [2.05, 4.69) is 25.4 Å². The Balaban J connectivity index is 2.03. The molecule has 0 aliphatic heterocycles. The summed E-state index contributed by atoms with van der Waals surface area (Å²) in [5.74, 6) is 1.60. The van der Waals surface area contributed by atoms with Crippen molar-refractivity contribution in [2.75, 3.05) is 11.9 Å². The van der Waals surface area contributed by atoms with E-state index in [-0.39, 0.29) is 5.92 Å². The lowest BCUT2D eigenvalue weighted by Crippen LogP contribution is -2.10. The Bertz CT molecular complexity index is 500. The molecule has 2 aromatic rings. The van der Waals surface area contributed by atoms with Crippen molar-refractivity contribution < 1.29 is 4.52 Å². The molecule has 0 saturated heterocycles. The predicted molar refractivity (Wildman–Crippen MR) is 67.6 cm³/mol. The molecule has 2 aromatic heterocycles. The second-order valence-corrected chi connectivity index (χ2v) is 4.45. The number of hydrogen-bond donors (Lipinski definition) is 1. The number of nitrogens with one attached hydrogen (secondary N) is 1. The molecule has 7 heteroatoms. The highest BCUT2D eigenvalue weighted by molar-refractivity contribution is 6.30. The standard InChI is InChI=1S/C11H14ClN5O/c1-7(2)9-10(12)15-5-16-11(9)13-4-3-8-14-6-17-18-8/h5-7H,3-4H2,1-2H3,(H,13,15,16). The first kappa shape index (κ1) is 12.8. The molecule has 0 amide bonds. The third kappa shape index (κ3) is 2.95. The van der Waals surface area contributed by atoms with Crippen molar-refractivity contribution in [3.05, 3.63) is 29.3 Å². The minimum absolute atomic E-state index is 0.254. The molecule has 18 heavy (non-hydrogen) atoms. The van der Waals surface area contributed by atoms with Crippen molar-refractivity contribution in [1.82, 2.24) is 20.1 Å². The third-order valence-corrected chi connectivity index (χ3v) is 2.75. The summed E-state index contributed by atoms with van der Waals surface area (Å²) in [6, 6.07) is 0. The second kappa shape index (κ2) is 5.77. The number of anilines is 1. The summed E-state index contributed by atoms with van der Waals surface area (Å²) in [7, 11) is 0. The number of halogens is 1. The Morgan fingerprint density at radius 3 is 2.78 bits per heavy atom. The molecule has 0 bridgehead atoms. The molecule has 0 aliphatic carbocycles. The molecule has 6 nitrogen and oxygen atoms in total. The van der Waals surface area contributed by atoms with Crippen LogP contribution in [0, 0.1) is 0 Å². The van der Waals surface area contributed by atoms with E-state index in [9.17, 15) is 0 Å². The van der Waals surface area contributed by atoms with Crippen LogP contribution in [0.5, 0.6) is 0 Å². The molecule has 0 atom stereocenters. The van der Waals surface area contributed by atoms with Crippen LogP contribution in [0.25, 0.3) is 0 Å².